The third-order valence-corrected chi connectivity index (χ3v) is 5.74. The topological polar surface area (TPSA) is 116 Å². The van der Waals surface area contributed by atoms with E-state index in [2.05, 4.69) is 32.6 Å². The summed E-state index contributed by atoms with van der Waals surface area (Å²) in [6.07, 6.45) is 4.20. The standard InChI is InChI=1S/C23H20N6O3S/c30-21(25-19-9-4-10-20(14-19)29(31)32)16-33-23-27-26-22(18-8-5-12-24-15-18)28(23)13-11-17-6-2-1-3-7-17/h1-10,12,14-15H,11,13,16H2,(H,25,30). The number of thioether (sulfide) groups is 1. The molecule has 0 fully saturated rings. The van der Waals surface area contributed by atoms with Crippen molar-refractivity contribution >= 4 is 29.0 Å². The number of nitro benzene ring substituents is 1. The van der Waals surface area contributed by atoms with Gasteiger partial charge in [-0.2, -0.15) is 0 Å². The second kappa shape index (κ2) is 10.5. The lowest BCUT2D eigenvalue weighted by molar-refractivity contribution is -0.384. The van der Waals surface area contributed by atoms with E-state index in [0.717, 1.165) is 12.0 Å². The number of rotatable bonds is 9. The molecular weight excluding hydrogens is 440 g/mol. The predicted octanol–water partition coefficient (Wildman–Crippen LogP) is 4.22. The number of aryl methyl sites for hydroxylation is 1. The number of nitro groups is 1. The molecule has 2 aromatic carbocycles. The maximum atomic E-state index is 12.5. The maximum absolute atomic E-state index is 12.5. The number of nitrogens with zero attached hydrogens (tertiary/aromatic N) is 5. The Labute approximate surface area is 194 Å². The van der Waals surface area contributed by atoms with Crippen LogP contribution in [0.15, 0.2) is 84.3 Å². The Bertz CT molecular complexity index is 1250. The number of amides is 1. The number of hydrogen-bond acceptors (Lipinski definition) is 7. The molecule has 166 valence electrons. The van der Waals surface area contributed by atoms with Gasteiger partial charge in [0.2, 0.25) is 5.91 Å². The van der Waals surface area contributed by atoms with E-state index in [0.29, 0.717) is 23.2 Å². The molecule has 4 rings (SSSR count). The number of hydrogen-bond donors (Lipinski definition) is 1. The molecule has 9 nitrogen and oxygen atoms in total. The lowest BCUT2D eigenvalue weighted by atomic mass is 10.1. The van der Waals surface area contributed by atoms with Crippen molar-refractivity contribution in [1.29, 1.82) is 0 Å². The van der Waals surface area contributed by atoms with Crippen LogP contribution >= 0.6 is 11.8 Å². The fourth-order valence-corrected chi connectivity index (χ4v) is 3.98. The zero-order chi connectivity index (χ0) is 23.0. The molecule has 0 aliphatic heterocycles. The van der Waals surface area contributed by atoms with Gasteiger partial charge in [0.15, 0.2) is 11.0 Å². The van der Waals surface area contributed by atoms with Crippen LogP contribution < -0.4 is 5.32 Å². The average molecular weight is 461 g/mol. The van der Waals surface area contributed by atoms with Crippen LogP contribution in [0.2, 0.25) is 0 Å². The van der Waals surface area contributed by atoms with Gasteiger partial charge in [-0.15, -0.1) is 10.2 Å². The first kappa shape index (κ1) is 22.2. The number of non-ortho nitro benzene ring substituents is 1. The highest BCUT2D eigenvalue weighted by Crippen LogP contribution is 2.25. The van der Waals surface area contributed by atoms with Gasteiger partial charge in [0.05, 0.1) is 10.7 Å². The van der Waals surface area contributed by atoms with E-state index in [-0.39, 0.29) is 17.3 Å². The molecule has 0 bridgehead atoms. The fourth-order valence-electron chi connectivity index (χ4n) is 3.22. The summed E-state index contributed by atoms with van der Waals surface area (Å²) >= 11 is 1.26. The van der Waals surface area contributed by atoms with E-state index < -0.39 is 4.92 Å². The molecule has 0 saturated carbocycles. The Morgan fingerprint density at radius 1 is 1.06 bits per heavy atom. The second-order valence-corrected chi connectivity index (χ2v) is 8.02. The van der Waals surface area contributed by atoms with Gasteiger partial charge in [0.1, 0.15) is 0 Å². The van der Waals surface area contributed by atoms with E-state index in [1.807, 2.05) is 34.9 Å². The number of benzene rings is 2. The van der Waals surface area contributed by atoms with Crippen molar-refractivity contribution in [3.63, 3.8) is 0 Å². The minimum Gasteiger partial charge on any atom is -0.325 e. The van der Waals surface area contributed by atoms with Crippen LogP contribution in [0.5, 0.6) is 0 Å². The number of aromatic nitrogens is 4. The summed E-state index contributed by atoms with van der Waals surface area (Å²) in [5.74, 6) is 0.473. The van der Waals surface area contributed by atoms with Gasteiger partial charge in [-0.3, -0.25) is 19.9 Å². The van der Waals surface area contributed by atoms with E-state index >= 15 is 0 Å². The molecule has 33 heavy (non-hydrogen) atoms. The number of anilines is 1. The molecule has 2 heterocycles. The van der Waals surface area contributed by atoms with Gasteiger partial charge in [0, 0.05) is 42.3 Å². The van der Waals surface area contributed by atoms with Crippen LogP contribution in [0.1, 0.15) is 5.56 Å². The van der Waals surface area contributed by atoms with Crippen LogP contribution in [0.25, 0.3) is 11.4 Å². The Morgan fingerprint density at radius 3 is 2.67 bits per heavy atom. The van der Waals surface area contributed by atoms with E-state index in [9.17, 15) is 14.9 Å². The number of carbonyl (C=O) groups is 1. The van der Waals surface area contributed by atoms with Crippen molar-refractivity contribution in [1.82, 2.24) is 19.7 Å². The quantitative estimate of drug-likeness (QED) is 0.226. The molecule has 0 atom stereocenters. The Balaban J connectivity index is 1.48. The predicted molar refractivity (Wildman–Crippen MR) is 126 cm³/mol. The molecule has 1 amide bonds. The zero-order valence-corrected chi connectivity index (χ0v) is 18.3. The van der Waals surface area contributed by atoms with Crippen molar-refractivity contribution in [2.24, 2.45) is 0 Å². The Kier molecular flexibility index (Phi) is 7.06. The molecule has 1 N–H and O–H groups in total. The second-order valence-electron chi connectivity index (χ2n) is 7.08. The summed E-state index contributed by atoms with van der Waals surface area (Å²) in [5, 5.41) is 22.9. The SMILES string of the molecule is O=C(CSc1nnc(-c2cccnc2)n1CCc1ccccc1)Nc1cccc([N+](=O)[O-])c1. The summed E-state index contributed by atoms with van der Waals surface area (Å²) in [5.41, 5.74) is 2.31. The van der Waals surface area contributed by atoms with Gasteiger partial charge in [-0.1, -0.05) is 48.2 Å². The molecule has 0 aliphatic carbocycles. The largest absolute Gasteiger partial charge is 0.325 e. The van der Waals surface area contributed by atoms with Crippen molar-refractivity contribution in [2.45, 2.75) is 18.1 Å². The Morgan fingerprint density at radius 2 is 1.91 bits per heavy atom. The smallest absolute Gasteiger partial charge is 0.271 e. The van der Waals surface area contributed by atoms with Crippen molar-refractivity contribution < 1.29 is 9.72 Å². The lowest BCUT2D eigenvalue weighted by Gasteiger charge is -2.10. The van der Waals surface area contributed by atoms with Crippen LogP contribution in [0.4, 0.5) is 11.4 Å². The molecule has 0 unspecified atom stereocenters. The van der Waals surface area contributed by atoms with Gasteiger partial charge in [-0.25, -0.2) is 0 Å². The zero-order valence-electron chi connectivity index (χ0n) is 17.5. The van der Waals surface area contributed by atoms with E-state index in [4.69, 9.17) is 0 Å². The molecule has 0 radical (unpaired) electrons. The highest BCUT2D eigenvalue weighted by Gasteiger charge is 2.16. The minimum absolute atomic E-state index is 0.0813. The summed E-state index contributed by atoms with van der Waals surface area (Å²) in [4.78, 5) is 27.1. The van der Waals surface area contributed by atoms with Crippen LogP contribution in [-0.2, 0) is 17.8 Å². The van der Waals surface area contributed by atoms with E-state index in [1.54, 1.807) is 18.5 Å². The summed E-state index contributed by atoms with van der Waals surface area (Å²) in [6, 6.07) is 19.7. The average Bonchev–Trinajstić information content (AvgIpc) is 3.25. The van der Waals surface area contributed by atoms with Crippen molar-refractivity contribution in [3.05, 3.63) is 94.8 Å². The van der Waals surface area contributed by atoms with E-state index in [1.165, 1.54) is 35.5 Å². The van der Waals surface area contributed by atoms with Crippen LogP contribution in [0, 0.1) is 10.1 Å². The third kappa shape index (κ3) is 5.80. The minimum atomic E-state index is -0.500. The van der Waals surface area contributed by atoms with Crippen molar-refractivity contribution in [3.8, 4) is 11.4 Å². The normalized spacial score (nSPS) is 10.7. The molecular formula is C23H20N6O3S. The first-order chi connectivity index (χ1) is 16.1. The first-order valence-electron chi connectivity index (χ1n) is 10.1. The lowest BCUT2D eigenvalue weighted by Crippen LogP contribution is -2.15. The van der Waals surface area contributed by atoms with Gasteiger partial charge < -0.3 is 9.88 Å². The molecule has 4 aromatic rings. The van der Waals surface area contributed by atoms with Gasteiger partial charge >= 0.3 is 0 Å². The van der Waals surface area contributed by atoms with Gasteiger partial charge in [-0.05, 0) is 30.2 Å². The molecule has 10 heteroatoms. The van der Waals surface area contributed by atoms with Crippen molar-refractivity contribution in [2.75, 3.05) is 11.1 Å². The Hall–Kier alpha value is -4.05. The molecule has 2 aromatic heterocycles. The first-order valence-corrected chi connectivity index (χ1v) is 11.1. The van der Waals surface area contributed by atoms with Crippen LogP contribution in [0.3, 0.4) is 0 Å². The summed E-state index contributed by atoms with van der Waals surface area (Å²) < 4.78 is 1.98. The number of nitrogens with one attached hydrogen (secondary N) is 1. The summed E-state index contributed by atoms with van der Waals surface area (Å²) in [7, 11) is 0. The highest BCUT2D eigenvalue weighted by molar-refractivity contribution is 7.99. The van der Waals surface area contributed by atoms with Gasteiger partial charge in [0.25, 0.3) is 5.69 Å². The molecule has 0 saturated heterocycles. The maximum Gasteiger partial charge on any atom is 0.271 e. The highest BCUT2D eigenvalue weighted by atomic mass is 32.2. The number of carbonyl (C=O) groups excluding carboxylic acids is 1. The monoisotopic (exact) mass is 460 g/mol. The van der Waals surface area contributed by atoms with Crippen LogP contribution in [-0.4, -0.2) is 36.3 Å². The third-order valence-electron chi connectivity index (χ3n) is 4.78. The molecule has 0 spiro atoms. The molecule has 0 aliphatic rings. The fraction of sp³-hybridized carbons (Fsp3) is 0.130. The summed E-state index contributed by atoms with van der Waals surface area (Å²) in [6.45, 7) is 0.635. The number of pyridine rings is 1.